The third-order valence-corrected chi connectivity index (χ3v) is 11.6. The molecule has 10 nitrogen and oxygen atoms in total. The molecule has 0 saturated heterocycles. The first-order valence-electron chi connectivity index (χ1n) is 19.3. The lowest BCUT2D eigenvalue weighted by Gasteiger charge is -2.59. The fourth-order valence-corrected chi connectivity index (χ4v) is 8.85. The molecule has 55 heavy (non-hydrogen) atoms. The van der Waals surface area contributed by atoms with Crippen LogP contribution in [0, 0.1) is 42.9 Å². The highest BCUT2D eigenvalue weighted by molar-refractivity contribution is 6.03. The molecule has 0 aromatic heterocycles. The van der Waals surface area contributed by atoms with E-state index in [0.717, 1.165) is 53.8 Å². The highest BCUT2D eigenvalue weighted by atomic mass is 16.7. The number of aliphatic hydroxyl groups excluding tert-OH is 2. The van der Waals surface area contributed by atoms with Gasteiger partial charge in [-0.3, -0.25) is 4.79 Å². The number of oxime groups is 1. The molecule has 3 aromatic carbocycles. The molecule has 6 rings (SSSR count). The molecule has 10 heteroatoms. The van der Waals surface area contributed by atoms with E-state index in [-0.39, 0.29) is 43.5 Å². The van der Waals surface area contributed by atoms with E-state index in [9.17, 15) is 20.3 Å². The molecular weight excluding hydrogens is 695 g/mol. The summed E-state index contributed by atoms with van der Waals surface area (Å²) in [4.78, 5) is 21.5. The van der Waals surface area contributed by atoms with E-state index in [1.807, 2.05) is 24.3 Å². The van der Waals surface area contributed by atoms with Crippen molar-refractivity contribution in [2.45, 2.75) is 76.5 Å². The van der Waals surface area contributed by atoms with Crippen molar-refractivity contribution in [3.63, 3.8) is 0 Å². The number of benzene rings is 3. The van der Waals surface area contributed by atoms with Crippen LogP contribution in [-0.2, 0) is 9.57 Å². The van der Waals surface area contributed by atoms with Crippen molar-refractivity contribution in [3.8, 4) is 23.3 Å². The number of fused-ring (bicyclic) bond motifs is 2. The highest BCUT2D eigenvalue weighted by Gasteiger charge is 2.65. The molecular formula is C45H53N3O7. The van der Waals surface area contributed by atoms with Crippen molar-refractivity contribution >= 4 is 11.6 Å². The van der Waals surface area contributed by atoms with Crippen LogP contribution in [0.5, 0.6) is 17.2 Å². The minimum absolute atomic E-state index is 0.0901. The number of aliphatic hydroxyl groups is 2. The van der Waals surface area contributed by atoms with E-state index in [0.29, 0.717) is 41.9 Å². The summed E-state index contributed by atoms with van der Waals surface area (Å²) in [6.45, 7) is 8.52. The largest absolute Gasteiger partial charge is 0.459 e. The highest BCUT2D eigenvalue weighted by Crippen LogP contribution is 2.62. The van der Waals surface area contributed by atoms with E-state index < -0.39 is 17.7 Å². The number of nitrogens with zero attached hydrogens (tertiary/aromatic N) is 3. The summed E-state index contributed by atoms with van der Waals surface area (Å²) >= 11 is 0. The van der Waals surface area contributed by atoms with Gasteiger partial charge in [-0.05, 0) is 123 Å². The van der Waals surface area contributed by atoms with Gasteiger partial charge in [0.25, 0.3) is 5.91 Å². The summed E-state index contributed by atoms with van der Waals surface area (Å²) in [6.07, 6.45) is 9.02. The molecule has 0 spiro atoms. The first kappa shape index (κ1) is 39.7. The monoisotopic (exact) mass is 747 g/mol. The minimum Gasteiger partial charge on any atom is -0.459 e. The lowest BCUT2D eigenvalue weighted by molar-refractivity contribution is -0.252. The number of allylic oxidation sites excluding steroid dienone is 1. The Balaban J connectivity index is 1.55. The molecule has 2 aliphatic carbocycles. The molecule has 0 bridgehead atoms. The Morgan fingerprint density at radius 1 is 1.02 bits per heavy atom. The Bertz CT molecular complexity index is 1950. The summed E-state index contributed by atoms with van der Waals surface area (Å²) in [5.74, 6) is 0.0767. The number of amides is 1. The van der Waals surface area contributed by atoms with E-state index in [1.54, 1.807) is 42.3 Å². The van der Waals surface area contributed by atoms with Crippen LogP contribution in [0.25, 0.3) is 0 Å². The van der Waals surface area contributed by atoms with Crippen LogP contribution in [0.1, 0.15) is 83.5 Å². The number of hydrogen-bond donors (Lipinski definition) is 2. The second kappa shape index (κ2) is 17.7. The predicted molar refractivity (Wildman–Crippen MR) is 211 cm³/mol. The number of likely N-dealkylation sites (N-methyl/N-ethyl adjacent to an activating group) is 1. The van der Waals surface area contributed by atoms with Gasteiger partial charge in [0.2, 0.25) is 5.79 Å². The van der Waals surface area contributed by atoms with Gasteiger partial charge in [0.1, 0.15) is 30.4 Å². The maximum absolute atomic E-state index is 14.4. The van der Waals surface area contributed by atoms with E-state index >= 15 is 0 Å². The van der Waals surface area contributed by atoms with Crippen LogP contribution >= 0.6 is 0 Å². The molecule has 0 radical (unpaired) electrons. The first-order valence-corrected chi connectivity index (χ1v) is 19.3. The fourth-order valence-electron chi connectivity index (χ4n) is 8.85. The van der Waals surface area contributed by atoms with E-state index in [2.05, 4.69) is 49.9 Å². The van der Waals surface area contributed by atoms with Crippen LogP contribution in [0.4, 0.5) is 0 Å². The molecule has 2 N–H and O–H groups in total. The number of hydrogen-bond acceptors (Lipinski definition) is 9. The Kier molecular flexibility index (Phi) is 12.8. The quantitative estimate of drug-likeness (QED) is 0.0856. The minimum atomic E-state index is -1.36. The Morgan fingerprint density at radius 3 is 2.40 bits per heavy atom. The van der Waals surface area contributed by atoms with Crippen LogP contribution in [0.15, 0.2) is 90.1 Å². The molecule has 3 aromatic rings. The number of ether oxygens (including phenoxy) is 3. The molecule has 6 atom stereocenters. The van der Waals surface area contributed by atoms with Crippen molar-refractivity contribution in [2.75, 3.05) is 34.0 Å². The number of unbranched alkanes of at least 4 members (excludes halogenated alkanes) is 2. The van der Waals surface area contributed by atoms with Gasteiger partial charge in [-0.2, -0.15) is 5.26 Å². The molecule has 1 fully saturated rings. The fraction of sp³-hybridized carbons (Fsp3) is 0.444. The molecule has 1 amide bonds. The summed E-state index contributed by atoms with van der Waals surface area (Å²) in [5, 5.41) is 33.7. The van der Waals surface area contributed by atoms with Crippen molar-refractivity contribution in [1.29, 1.82) is 5.26 Å². The zero-order chi connectivity index (χ0) is 39.1. The Hall–Kier alpha value is -4.95. The molecule has 1 heterocycles. The normalized spacial score (nSPS) is 24.4. The van der Waals surface area contributed by atoms with Crippen molar-refractivity contribution in [1.82, 2.24) is 4.90 Å². The number of carbonyl (C=O) groups is 1. The number of aryl methyl sites for hydroxylation is 2. The lowest BCUT2D eigenvalue weighted by atomic mass is 9.55. The maximum atomic E-state index is 14.4. The van der Waals surface area contributed by atoms with Crippen molar-refractivity contribution < 1.29 is 34.1 Å². The Morgan fingerprint density at radius 2 is 1.73 bits per heavy atom. The van der Waals surface area contributed by atoms with Gasteiger partial charge in [-0.25, -0.2) is 0 Å². The zero-order valence-electron chi connectivity index (χ0n) is 32.4. The van der Waals surface area contributed by atoms with Gasteiger partial charge in [0, 0.05) is 43.7 Å². The van der Waals surface area contributed by atoms with Gasteiger partial charge >= 0.3 is 0 Å². The summed E-state index contributed by atoms with van der Waals surface area (Å²) in [6, 6.07) is 20.1. The summed E-state index contributed by atoms with van der Waals surface area (Å²) in [7, 11) is 3.29. The van der Waals surface area contributed by atoms with E-state index in [1.165, 1.54) is 12.7 Å². The predicted octanol–water partition coefficient (Wildman–Crippen LogP) is 8.00. The van der Waals surface area contributed by atoms with Crippen LogP contribution in [-0.4, -0.2) is 72.5 Å². The molecule has 3 aliphatic rings. The van der Waals surface area contributed by atoms with Crippen molar-refractivity contribution in [3.05, 3.63) is 113 Å². The smallest absolute Gasteiger partial charge is 0.254 e. The van der Waals surface area contributed by atoms with Crippen molar-refractivity contribution in [2.24, 2.45) is 22.9 Å². The maximum Gasteiger partial charge on any atom is 0.254 e. The molecule has 1 saturated carbocycles. The number of carbonyl (C=O) groups excluding carboxylic acids is 1. The van der Waals surface area contributed by atoms with Gasteiger partial charge in [0.05, 0.1) is 29.9 Å². The van der Waals surface area contributed by atoms with Crippen LogP contribution < -0.4 is 9.47 Å². The van der Waals surface area contributed by atoms with Gasteiger partial charge in [-0.15, -0.1) is 6.58 Å². The van der Waals surface area contributed by atoms with Gasteiger partial charge < -0.3 is 34.2 Å². The number of nitriles is 1. The third-order valence-electron chi connectivity index (χ3n) is 11.6. The molecule has 290 valence electrons. The topological polar surface area (TPSA) is 134 Å². The zero-order valence-corrected chi connectivity index (χ0v) is 32.4. The molecule has 0 unspecified atom stereocenters. The van der Waals surface area contributed by atoms with Gasteiger partial charge in [0.15, 0.2) is 0 Å². The molecule has 1 aliphatic heterocycles. The van der Waals surface area contributed by atoms with Crippen LogP contribution in [0.3, 0.4) is 0 Å². The standard InChI is InChI=1S/C45H53N3O7/c1-6-23-53-45-41(48(4)44(51)32-16-14-31(28-46)15-17-32)27-39(47-52-5)37-25-33(11-7-9-21-49)36(12-8-10-22-50)42(43(37)45)38-26-35(19-20-40(38)55-45)54-34-18-13-29(2)30(3)24-34/h6,13-20,24-26,33,36,41-43,49-50H,1,7-12,21-23,27H2,2-5H3/t33-,36+,41-,42+,43+,45+/m0/s1. The Labute approximate surface area is 324 Å². The van der Waals surface area contributed by atoms with Crippen LogP contribution in [0.2, 0.25) is 0 Å². The third kappa shape index (κ3) is 8.06. The SMILES string of the molecule is C=CCO[C@@]12Oc3ccc(Oc4ccc(C)c(C)c4)cc3[C@H]3[C@H](CCCCO)[C@@H](CCCCO)C=C(C(=NOC)C[C@@H]1N(C)C(=O)c1ccc(C#N)cc1)[C@H]32. The first-order chi connectivity index (χ1) is 26.7. The second-order valence-electron chi connectivity index (χ2n) is 14.9. The average molecular weight is 748 g/mol. The summed E-state index contributed by atoms with van der Waals surface area (Å²) in [5.41, 5.74) is 5.88. The summed E-state index contributed by atoms with van der Waals surface area (Å²) < 4.78 is 20.7. The average Bonchev–Trinajstić information content (AvgIpc) is 3.20. The number of rotatable bonds is 16. The van der Waals surface area contributed by atoms with E-state index in [4.69, 9.17) is 19.0 Å². The lowest BCUT2D eigenvalue weighted by Crippen LogP contribution is -2.69. The second-order valence-corrected chi connectivity index (χ2v) is 14.9. The van der Waals surface area contributed by atoms with Gasteiger partial charge in [-0.1, -0.05) is 36.2 Å².